The van der Waals surface area contributed by atoms with Gasteiger partial charge in [0.15, 0.2) is 0 Å². The van der Waals surface area contributed by atoms with Gasteiger partial charge in [-0.3, -0.25) is 4.79 Å². The highest BCUT2D eigenvalue weighted by molar-refractivity contribution is 9.10. The first kappa shape index (κ1) is 12.5. The van der Waals surface area contributed by atoms with Gasteiger partial charge in [0.05, 0.1) is 6.10 Å². The molecule has 1 aliphatic carbocycles. The van der Waals surface area contributed by atoms with Crippen LogP contribution in [0.3, 0.4) is 0 Å². The van der Waals surface area contributed by atoms with E-state index in [9.17, 15) is 9.90 Å². The van der Waals surface area contributed by atoms with E-state index in [1.165, 1.54) is 0 Å². The Hall–Kier alpha value is -0.940. The van der Waals surface area contributed by atoms with E-state index in [-0.39, 0.29) is 17.9 Å². The van der Waals surface area contributed by atoms with Gasteiger partial charge in [0.1, 0.15) is 5.69 Å². The summed E-state index contributed by atoms with van der Waals surface area (Å²) in [6, 6.07) is 3.55. The van der Waals surface area contributed by atoms with Crippen LogP contribution >= 0.6 is 15.9 Å². The van der Waals surface area contributed by atoms with Crippen molar-refractivity contribution in [2.75, 3.05) is 6.54 Å². The summed E-state index contributed by atoms with van der Waals surface area (Å²) in [5, 5.41) is 12.5. The van der Waals surface area contributed by atoms with E-state index in [4.69, 9.17) is 0 Å². The number of halogens is 1. The number of aromatic nitrogens is 1. The molecule has 1 fully saturated rings. The summed E-state index contributed by atoms with van der Waals surface area (Å²) in [7, 11) is 0. The monoisotopic (exact) mass is 298 g/mol. The summed E-state index contributed by atoms with van der Waals surface area (Å²) in [5.74, 6) is -0.0157. The lowest BCUT2D eigenvalue weighted by molar-refractivity contribution is 0.0911. The normalized spacial score (nSPS) is 23.6. The van der Waals surface area contributed by atoms with Crippen molar-refractivity contribution in [2.45, 2.75) is 25.4 Å². The van der Waals surface area contributed by atoms with Gasteiger partial charge in [0, 0.05) is 23.1 Å². The molecular formula is C12H15BrN2O2. The fraction of sp³-hybridized carbons (Fsp3) is 0.500. The third kappa shape index (κ3) is 3.04. The number of rotatable bonds is 3. The molecule has 0 radical (unpaired) electrons. The van der Waals surface area contributed by atoms with Crippen molar-refractivity contribution in [3.05, 3.63) is 28.5 Å². The quantitative estimate of drug-likeness (QED) is 0.893. The lowest BCUT2D eigenvalue weighted by Crippen LogP contribution is -2.33. The fourth-order valence-corrected chi connectivity index (χ4v) is 2.55. The second-order valence-corrected chi connectivity index (χ2v) is 5.16. The Bertz CT molecular complexity index is 411. The molecule has 1 aromatic heterocycles. The lowest BCUT2D eigenvalue weighted by Gasteiger charge is -2.15. The van der Waals surface area contributed by atoms with Crippen molar-refractivity contribution < 1.29 is 9.90 Å². The molecule has 1 saturated carbocycles. The molecule has 2 N–H and O–H groups in total. The Kier molecular flexibility index (Phi) is 4.12. The van der Waals surface area contributed by atoms with Crippen molar-refractivity contribution in [1.82, 2.24) is 10.3 Å². The average molecular weight is 299 g/mol. The number of pyridine rings is 1. The molecule has 0 spiro atoms. The van der Waals surface area contributed by atoms with Gasteiger partial charge in [0.2, 0.25) is 0 Å². The molecule has 17 heavy (non-hydrogen) atoms. The van der Waals surface area contributed by atoms with Gasteiger partial charge >= 0.3 is 0 Å². The number of carbonyl (C=O) groups excluding carboxylic acids is 1. The molecule has 1 amide bonds. The topological polar surface area (TPSA) is 62.2 Å². The zero-order valence-corrected chi connectivity index (χ0v) is 11.0. The number of amides is 1. The molecule has 0 aliphatic heterocycles. The Labute approximate surface area is 109 Å². The van der Waals surface area contributed by atoms with Crippen molar-refractivity contribution in [2.24, 2.45) is 5.92 Å². The average Bonchev–Trinajstić information content (AvgIpc) is 2.72. The summed E-state index contributed by atoms with van der Waals surface area (Å²) in [6.07, 6.45) is 4.17. The van der Waals surface area contributed by atoms with Crippen LogP contribution in [0.1, 0.15) is 29.8 Å². The van der Waals surface area contributed by atoms with E-state index in [1.807, 2.05) is 0 Å². The molecule has 2 rings (SSSR count). The van der Waals surface area contributed by atoms with E-state index in [0.29, 0.717) is 16.7 Å². The molecule has 2 atom stereocenters. The lowest BCUT2D eigenvalue weighted by atomic mass is 10.1. The fourth-order valence-electron chi connectivity index (χ4n) is 2.12. The summed E-state index contributed by atoms with van der Waals surface area (Å²) < 4.78 is 0.685. The predicted molar refractivity (Wildman–Crippen MR) is 67.6 cm³/mol. The number of nitrogens with zero attached hydrogens (tertiary/aromatic N) is 1. The van der Waals surface area contributed by atoms with Crippen molar-refractivity contribution >= 4 is 21.8 Å². The Morgan fingerprint density at radius 1 is 1.59 bits per heavy atom. The highest BCUT2D eigenvalue weighted by atomic mass is 79.9. The second-order valence-electron chi connectivity index (χ2n) is 4.30. The third-order valence-corrected chi connectivity index (χ3v) is 3.76. The molecule has 0 bridgehead atoms. The van der Waals surface area contributed by atoms with Crippen LogP contribution in [0.15, 0.2) is 22.8 Å². The van der Waals surface area contributed by atoms with Crippen molar-refractivity contribution in [1.29, 1.82) is 0 Å². The number of carbonyl (C=O) groups is 1. The van der Waals surface area contributed by atoms with E-state index in [0.717, 1.165) is 19.3 Å². The van der Waals surface area contributed by atoms with E-state index in [1.54, 1.807) is 18.3 Å². The first-order chi connectivity index (χ1) is 8.18. The minimum atomic E-state index is -0.275. The summed E-state index contributed by atoms with van der Waals surface area (Å²) in [4.78, 5) is 15.9. The molecule has 92 valence electrons. The molecule has 1 heterocycles. The smallest absolute Gasteiger partial charge is 0.271 e. The van der Waals surface area contributed by atoms with Gasteiger partial charge in [-0.25, -0.2) is 4.98 Å². The van der Waals surface area contributed by atoms with Crippen LogP contribution < -0.4 is 5.32 Å². The Morgan fingerprint density at radius 2 is 2.41 bits per heavy atom. The third-order valence-electron chi connectivity index (χ3n) is 3.12. The van der Waals surface area contributed by atoms with Gasteiger partial charge in [-0.15, -0.1) is 0 Å². The zero-order chi connectivity index (χ0) is 12.3. The van der Waals surface area contributed by atoms with Crippen LogP contribution in [-0.4, -0.2) is 28.6 Å². The van der Waals surface area contributed by atoms with E-state index < -0.39 is 0 Å². The highest BCUT2D eigenvalue weighted by Crippen LogP contribution is 2.24. The highest BCUT2D eigenvalue weighted by Gasteiger charge is 2.25. The van der Waals surface area contributed by atoms with Gasteiger partial charge in [-0.05, 0) is 40.9 Å². The molecule has 0 aromatic carbocycles. The molecule has 1 aromatic rings. The number of aliphatic hydroxyl groups excluding tert-OH is 1. The maximum atomic E-state index is 11.8. The Balaban J connectivity index is 1.91. The van der Waals surface area contributed by atoms with Crippen LogP contribution in [0.2, 0.25) is 0 Å². The molecule has 0 saturated heterocycles. The number of aliphatic hydroxyl groups is 1. The van der Waals surface area contributed by atoms with Gasteiger partial charge in [-0.2, -0.15) is 0 Å². The van der Waals surface area contributed by atoms with E-state index in [2.05, 4.69) is 26.2 Å². The molecule has 4 nitrogen and oxygen atoms in total. The van der Waals surface area contributed by atoms with Crippen LogP contribution in [0.4, 0.5) is 0 Å². The summed E-state index contributed by atoms with van der Waals surface area (Å²) in [6.45, 7) is 0.517. The van der Waals surface area contributed by atoms with Crippen LogP contribution in [0.5, 0.6) is 0 Å². The maximum Gasteiger partial charge on any atom is 0.271 e. The van der Waals surface area contributed by atoms with Gasteiger partial charge in [-0.1, -0.05) is 6.42 Å². The molecule has 2 unspecified atom stereocenters. The van der Waals surface area contributed by atoms with Crippen LogP contribution in [0.25, 0.3) is 0 Å². The van der Waals surface area contributed by atoms with Crippen molar-refractivity contribution in [3.63, 3.8) is 0 Å². The molecule has 5 heteroatoms. The zero-order valence-electron chi connectivity index (χ0n) is 9.40. The van der Waals surface area contributed by atoms with Crippen LogP contribution in [-0.2, 0) is 0 Å². The maximum absolute atomic E-state index is 11.8. The number of hydrogen-bond donors (Lipinski definition) is 2. The number of nitrogens with one attached hydrogen (secondary N) is 1. The minimum Gasteiger partial charge on any atom is -0.393 e. The second kappa shape index (κ2) is 5.60. The number of hydrogen-bond acceptors (Lipinski definition) is 3. The molecule has 1 aliphatic rings. The summed E-state index contributed by atoms with van der Waals surface area (Å²) in [5.41, 5.74) is 0.389. The first-order valence-corrected chi connectivity index (χ1v) is 6.54. The molecular weight excluding hydrogens is 284 g/mol. The SMILES string of the molecule is O=C(NCC1CCCC1O)c1ncccc1Br. The minimum absolute atomic E-state index is 0.182. The predicted octanol–water partition coefficient (Wildman–Crippen LogP) is 1.73. The van der Waals surface area contributed by atoms with Crippen molar-refractivity contribution in [3.8, 4) is 0 Å². The largest absolute Gasteiger partial charge is 0.393 e. The van der Waals surface area contributed by atoms with Gasteiger partial charge < -0.3 is 10.4 Å². The van der Waals surface area contributed by atoms with Gasteiger partial charge in [0.25, 0.3) is 5.91 Å². The first-order valence-electron chi connectivity index (χ1n) is 5.75. The van der Waals surface area contributed by atoms with Crippen LogP contribution in [0, 0.1) is 5.92 Å². The Morgan fingerprint density at radius 3 is 3.06 bits per heavy atom. The standard InChI is InChI=1S/C12H15BrN2O2/c13-9-4-2-6-14-11(9)12(17)15-7-8-3-1-5-10(8)16/h2,4,6,8,10,16H,1,3,5,7H2,(H,15,17). The van der Waals surface area contributed by atoms with E-state index >= 15 is 0 Å². The summed E-state index contributed by atoms with van der Waals surface area (Å²) >= 11 is 3.29.